The molecule has 1 saturated heterocycles. The van der Waals surface area contributed by atoms with Gasteiger partial charge in [-0.15, -0.1) is 17.9 Å². The predicted octanol–water partition coefficient (Wildman–Crippen LogP) is 3.32. The van der Waals surface area contributed by atoms with Gasteiger partial charge in [0.1, 0.15) is 5.75 Å². The molecule has 1 aliphatic heterocycles. The Balaban J connectivity index is 1.73. The maximum atomic E-state index is 13.0. The van der Waals surface area contributed by atoms with Gasteiger partial charge >= 0.3 is 0 Å². The highest BCUT2D eigenvalue weighted by Gasteiger charge is 2.37. The van der Waals surface area contributed by atoms with Crippen LogP contribution < -0.4 is 9.64 Å². The number of amides is 2. The van der Waals surface area contributed by atoms with Gasteiger partial charge in [0.05, 0.1) is 19.6 Å². The topological polar surface area (TPSA) is 49.9 Å². The van der Waals surface area contributed by atoms with Gasteiger partial charge in [0.15, 0.2) is 0 Å². The Labute approximate surface area is 157 Å². The number of hydrogen-bond acceptors (Lipinski definition) is 4. The lowest BCUT2D eigenvalue weighted by Crippen LogP contribution is -2.37. The first-order valence-electron chi connectivity index (χ1n) is 8.49. The molecule has 0 saturated carbocycles. The molecule has 0 bridgehead atoms. The number of carbonyl (C=O) groups excluding carboxylic acids is 2. The predicted molar refractivity (Wildman–Crippen MR) is 103 cm³/mol. The van der Waals surface area contributed by atoms with Crippen LogP contribution in [0.15, 0.2) is 54.4 Å². The van der Waals surface area contributed by atoms with Gasteiger partial charge in [-0.2, -0.15) is 0 Å². The molecule has 1 aromatic carbocycles. The summed E-state index contributed by atoms with van der Waals surface area (Å²) in [5.74, 6) is 0.313. The third kappa shape index (κ3) is 3.96. The van der Waals surface area contributed by atoms with E-state index in [1.165, 1.54) is 0 Å². The molecule has 1 aliphatic rings. The number of anilines is 1. The van der Waals surface area contributed by atoms with E-state index in [4.69, 9.17) is 4.74 Å². The number of hydrogen-bond donors (Lipinski definition) is 0. The van der Waals surface area contributed by atoms with Crippen molar-refractivity contribution in [3.8, 4) is 5.75 Å². The van der Waals surface area contributed by atoms with Crippen LogP contribution in [0.25, 0.3) is 0 Å². The van der Waals surface area contributed by atoms with Crippen molar-refractivity contribution in [3.63, 3.8) is 0 Å². The summed E-state index contributed by atoms with van der Waals surface area (Å²) < 4.78 is 5.23. The fourth-order valence-corrected chi connectivity index (χ4v) is 3.86. The van der Waals surface area contributed by atoms with Crippen molar-refractivity contribution in [1.82, 2.24) is 4.90 Å². The molecule has 2 aromatic rings. The smallest absolute Gasteiger partial charge is 0.228 e. The zero-order valence-electron chi connectivity index (χ0n) is 14.8. The fraction of sp³-hybridized carbons (Fsp3) is 0.300. The summed E-state index contributed by atoms with van der Waals surface area (Å²) in [6.07, 6.45) is 1.95. The number of thiophene rings is 1. The van der Waals surface area contributed by atoms with Crippen molar-refractivity contribution >= 4 is 28.8 Å². The highest BCUT2D eigenvalue weighted by molar-refractivity contribution is 7.09. The van der Waals surface area contributed by atoms with Crippen LogP contribution in [0.3, 0.4) is 0 Å². The van der Waals surface area contributed by atoms with E-state index in [1.807, 2.05) is 41.8 Å². The van der Waals surface area contributed by atoms with E-state index in [1.54, 1.807) is 34.3 Å². The monoisotopic (exact) mass is 370 g/mol. The van der Waals surface area contributed by atoms with Gasteiger partial charge in [0.2, 0.25) is 11.8 Å². The van der Waals surface area contributed by atoms with Crippen molar-refractivity contribution in [1.29, 1.82) is 0 Å². The first kappa shape index (κ1) is 18.2. The summed E-state index contributed by atoms with van der Waals surface area (Å²) in [7, 11) is 1.59. The van der Waals surface area contributed by atoms with Crippen LogP contribution >= 0.6 is 11.3 Å². The summed E-state index contributed by atoms with van der Waals surface area (Å²) in [6.45, 7) is 5.17. The summed E-state index contributed by atoms with van der Waals surface area (Å²) in [6, 6.07) is 11.3. The SMILES string of the molecule is C=CCN(Cc1cccs1)C(=O)C1CC(=O)N(c2cccc(OC)c2)C1. The van der Waals surface area contributed by atoms with Gasteiger partial charge in [0, 0.05) is 36.1 Å². The fourth-order valence-electron chi connectivity index (χ4n) is 3.14. The second-order valence-electron chi connectivity index (χ2n) is 6.19. The molecule has 3 rings (SSSR count). The van der Waals surface area contributed by atoms with Crippen LogP contribution in [0.4, 0.5) is 5.69 Å². The van der Waals surface area contributed by atoms with Gasteiger partial charge in [0.25, 0.3) is 0 Å². The zero-order valence-corrected chi connectivity index (χ0v) is 15.6. The molecule has 2 heterocycles. The summed E-state index contributed by atoms with van der Waals surface area (Å²) in [4.78, 5) is 30.0. The average molecular weight is 370 g/mol. The van der Waals surface area contributed by atoms with Gasteiger partial charge in [-0.25, -0.2) is 0 Å². The Morgan fingerprint density at radius 1 is 1.42 bits per heavy atom. The Morgan fingerprint density at radius 3 is 2.96 bits per heavy atom. The second kappa shape index (κ2) is 8.19. The second-order valence-corrected chi connectivity index (χ2v) is 7.23. The molecule has 0 aliphatic carbocycles. The molecule has 2 amide bonds. The Hall–Kier alpha value is -2.60. The lowest BCUT2D eigenvalue weighted by molar-refractivity contribution is -0.135. The van der Waals surface area contributed by atoms with Crippen LogP contribution in [0.1, 0.15) is 11.3 Å². The first-order valence-corrected chi connectivity index (χ1v) is 9.37. The maximum Gasteiger partial charge on any atom is 0.228 e. The molecule has 0 N–H and O–H groups in total. The maximum absolute atomic E-state index is 13.0. The molecule has 0 spiro atoms. The van der Waals surface area contributed by atoms with Crippen LogP contribution in [0.5, 0.6) is 5.75 Å². The third-order valence-electron chi connectivity index (χ3n) is 4.43. The molecule has 0 radical (unpaired) electrons. The van der Waals surface area contributed by atoms with E-state index in [0.717, 1.165) is 10.6 Å². The normalized spacial score (nSPS) is 16.6. The van der Waals surface area contributed by atoms with Crippen molar-refractivity contribution in [2.24, 2.45) is 5.92 Å². The zero-order chi connectivity index (χ0) is 18.5. The highest BCUT2D eigenvalue weighted by atomic mass is 32.1. The Kier molecular flexibility index (Phi) is 5.73. The van der Waals surface area contributed by atoms with E-state index >= 15 is 0 Å². The van der Waals surface area contributed by atoms with Crippen LogP contribution in [0, 0.1) is 5.92 Å². The van der Waals surface area contributed by atoms with Crippen LogP contribution in [-0.2, 0) is 16.1 Å². The average Bonchev–Trinajstić information content (AvgIpc) is 3.30. The molecular formula is C20H22N2O3S. The minimum atomic E-state index is -0.339. The number of rotatable bonds is 7. The molecule has 6 heteroatoms. The largest absolute Gasteiger partial charge is 0.497 e. The van der Waals surface area contributed by atoms with E-state index in [-0.39, 0.29) is 24.2 Å². The van der Waals surface area contributed by atoms with Crippen LogP contribution in [-0.4, -0.2) is 36.9 Å². The van der Waals surface area contributed by atoms with Gasteiger partial charge in [-0.3, -0.25) is 9.59 Å². The van der Waals surface area contributed by atoms with Crippen molar-refractivity contribution in [2.75, 3.05) is 25.1 Å². The standard InChI is InChI=1S/C20H22N2O3S/c1-3-9-21(14-18-8-5-10-26-18)20(24)15-11-19(23)22(13-15)16-6-4-7-17(12-16)25-2/h3-8,10,12,15H,1,9,11,13-14H2,2H3. The lowest BCUT2D eigenvalue weighted by atomic mass is 10.1. The number of nitrogens with zero attached hydrogens (tertiary/aromatic N) is 2. The van der Waals surface area contributed by atoms with E-state index in [9.17, 15) is 9.59 Å². The molecule has 1 aromatic heterocycles. The van der Waals surface area contributed by atoms with E-state index in [2.05, 4.69) is 6.58 Å². The minimum Gasteiger partial charge on any atom is -0.497 e. The molecule has 26 heavy (non-hydrogen) atoms. The van der Waals surface area contributed by atoms with Gasteiger partial charge < -0.3 is 14.5 Å². The van der Waals surface area contributed by atoms with Gasteiger partial charge in [-0.1, -0.05) is 18.2 Å². The van der Waals surface area contributed by atoms with Gasteiger partial charge in [-0.05, 0) is 23.6 Å². The third-order valence-corrected chi connectivity index (χ3v) is 5.29. The van der Waals surface area contributed by atoms with Crippen LogP contribution in [0.2, 0.25) is 0 Å². The van der Waals surface area contributed by atoms with E-state index in [0.29, 0.717) is 25.4 Å². The Bertz CT molecular complexity index is 788. The number of ether oxygens (including phenoxy) is 1. The van der Waals surface area contributed by atoms with E-state index < -0.39 is 0 Å². The van der Waals surface area contributed by atoms with Crippen molar-refractivity contribution in [3.05, 3.63) is 59.3 Å². The number of benzene rings is 1. The molecule has 1 fully saturated rings. The summed E-state index contributed by atoms with van der Waals surface area (Å²) in [5, 5.41) is 2.00. The van der Waals surface area contributed by atoms with Crippen molar-refractivity contribution < 1.29 is 14.3 Å². The molecule has 1 unspecified atom stereocenters. The number of methoxy groups -OCH3 is 1. The molecule has 1 atom stereocenters. The van der Waals surface area contributed by atoms with Crippen molar-refractivity contribution in [2.45, 2.75) is 13.0 Å². The minimum absolute atomic E-state index is 0.00274. The first-order chi connectivity index (χ1) is 12.6. The molecular weight excluding hydrogens is 348 g/mol. The number of carbonyl (C=O) groups is 2. The highest BCUT2D eigenvalue weighted by Crippen LogP contribution is 2.29. The quantitative estimate of drug-likeness (QED) is 0.703. The molecule has 136 valence electrons. The molecule has 5 nitrogen and oxygen atoms in total. The summed E-state index contributed by atoms with van der Waals surface area (Å²) >= 11 is 1.62. The Morgan fingerprint density at radius 2 is 2.27 bits per heavy atom. The summed E-state index contributed by atoms with van der Waals surface area (Å²) in [5.41, 5.74) is 0.762. The lowest BCUT2D eigenvalue weighted by Gasteiger charge is -2.24.